The highest BCUT2D eigenvalue weighted by Crippen LogP contribution is 2.24. The van der Waals surface area contributed by atoms with Gasteiger partial charge in [-0.1, -0.05) is 30.3 Å². The molecule has 1 fully saturated rings. The second-order valence-electron chi connectivity index (χ2n) is 8.83. The van der Waals surface area contributed by atoms with Gasteiger partial charge in [-0.2, -0.15) is 4.31 Å². The zero-order valence-electron chi connectivity index (χ0n) is 19.0. The number of hydrogen-bond donors (Lipinski definition) is 1. The zero-order chi connectivity index (χ0) is 23.8. The molecule has 176 valence electrons. The summed E-state index contributed by atoms with van der Waals surface area (Å²) in [6.07, 6.45) is 0.487. The van der Waals surface area contributed by atoms with E-state index in [0.29, 0.717) is 26.1 Å². The van der Waals surface area contributed by atoms with Gasteiger partial charge in [-0.25, -0.2) is 8.42 Å². The lowest BCUT2D eigenvalue weighted by Gasteiger charge is -2.38. The minimum Gasteiger partial charge on any atom is -0.368 e. The molecule has 0 aromatic heterocycles. The van der Waals surface area contributed by atoms with Gasteiger partial charge in [0.15, 0.2) is 0 Å². The van der Waals surface area contributed by atoms with Gasteiger partial charge in [0.25, 0.3) is 0 Å². The van der Waals surface area contributed by atoms with E-state index in [1.165, 1.54) is 4.31 Å². The number of aryl methyl sites for hydroxylation is 2. The van der Waals surface area contributed by atoms with Gasteiger partial charge in [0.05, 0.1) is 17.5 Å². The lowest BCUT2D eigenvalue weighted by atomic mass is 9.93. The van der Waals surface area contributed by atoms with Crippen molar-refractivity contribution in [1.82, 2.24) is 14.1 Å². The fourth-order valence-electron chi connectivity index (χ4n) is 4.50. The number of sulfonamides is 1. The number of primary amides is 1. The van der Waals surface area contributed by atoms with E-state index in [-0.39, 0.29) is 30.4 Å². The van der Waals surface area contributed by atoms with Crippen molar-refractivity contribution in [3.05, 3.63) is 64.7 Å². The Balaban J connectivity index is 1.40. The normalized spacial score (nSPS) is 19.8. The maximum absolute atomic E-state index is 13.0. The van der Waals surface area contributed by atoms with Crippen LogP contribution in [0.4, 0.5) is 0 Å². The van der Waals surface area contributed by atoms with Gasteiger partial charge in [0.1, 0.15) is 0 Å². The molecule has 0 aliphatic carbocycles. The lowest BCUT2D eigenvalue weighted by Crippen LogP contribution is -2.55. The van der Waals surface area contributed by atoms with Crippen LogP contribution in [0, 0.1) is 13.8 Å². The molecule has 0 saturated carbocycles. The van der Waals surface area contributed by atoms with E-state index in [4.69, 9.17) is 5.73 Å². The van der Waals surface area contributed by atoms with Crippen molar-refractivity contribution in [3.8, 4) is 0 Å². The highest BCUT2D eigenvalue weighted by molar-refractivity contribution is 7.89. The molecule has 8 nitrogen and oxygen atoms in total. The van der Waals surface area contributed by atoms with Crippen molar-refractivity contribution in [2.24, 2.45) is 5.73 Å². The molecule has 2 aliphatic rings. The van der Waals surface area contributed by atoms with Crippen LogP contribution in [-0.2, 0) is 32.6 Å². The number of fused-ring (bicyclic) bond motifs is 1. The minimum atomic E-state index is -3.61. The van der Waals surface area contributed by atoms with Crippen LogP contribution < -0.4 is 5.73 Å². The number of carbonyl (C=O) groups excluding carboxylic acids is 2. The van der Waals surface area contributed by atoms with Crippen LogP contribution in [0.15, 0.2) is 47.4 Å². The van der Waals surface area contributed by atoms with E-state index in [1.807, 2.05) is 49.1 Å². The number of rotatable bonds is 5. The van der Waals surface area contributed by atoms with Crippen LogP contribution in [0.2, 0.25) is 0 Å². The van der Waals surface area contributed by atoms with E-state index in [1.54, 1.807) is 17.0 Å². The summed E-state index contributed by atoms with van der Waals surface area (Å²) in [4.78, 5) is 28.8. The van der Waals surface area contributed by atoms with E-state index in [2.05, 4.69) is 0 Å². The van der Waals surface area contributed by atoms with Crippen LogP contribution in [0.3, 0.4) is 0 Å². The predicted octanol–water partition coefficient (Wildman–Crippen LogP) is 1.05. The Morgan fingerprint density at radius 3 is 2.27 bits per heavy atom. The molecule has 2 heterocycles. The minimum absolute atomic E-state index is 0.0752. The number of benzene rings is 2. The van der Waals surface area contributed by atoms with Crippen molar-refractivity contribution in [1.29, 1.82) is 0 Å². The van der Waals surface area contributed by atoms with E-state index >= 15 is 0 Å². The largest absolute Gasteiger partial charge is 0.368 e. The van der Waals surface area contributed by atoms with Gasteiger partial charge in [0, 0.05) is 32.7 Å². The van der Waals surface area contributed by atoms with Crippen LogP contribution in [0.25, 0.3) is 0 Å². The monoisotopic (exact) mass is 470 g/mol. The molecule has 0 bridgehead atoms. The average molecular weight is 471 g/mol. The maximum Gasteiger partial charge on any atom is 0.243 e. The molecule has 0 unspecified atom stereocenters. The maximum atomic E-state index is 13.0. The second-order valence-corrected chi connectivity index (χ2v) is 10.8. The number of piperazine rings is 1. The molecule has 33 heavy (non-hydrogen) atoms. The summed E-state index contributed by atoms with van der Waals surface area (Å²) in [6.45, 7) is 5.50. The summed E-state index contributed by atoms with van der Waals surface area (Å²) < 4.78 is 27.5. The number of amides is 2. The molecule has 1 atom stereocenters. The predicted molar refractivity (Wildman–Crippen MR) is 125 cm³/mol. The van der Waals surface area contributed by atoms with Crippen molar-refractivity contribution in [2.45, 2.75) is 37.8 Å². The van der Waals surface area contributed by atoms with Gasteiger partial charge >= 0.3 is 0 Å². The summed E-state index contributed by atoms with van der Waals surface area (Å²) in [6, 6.07) is 12.5. The van der Waals surface area contributed by atoms with Crippen molar-refractivity contribution >= 4 is 21.8 Å². The van der Waals surface area contributed by atoms with Gasteiger partial charge in [-0.3, -0.25) is 14.5 Å². The third-order valence-electron chi connectivity index (χ3n) is 6.72. The Kier molecular flexibility index (Phi) is 6.56. The van der Waals surface area contributed by atoms with E-state index < -0.39 is 22.0 Å². The standard InChI is InChI=1S/C24H30N4O4S/c1-17-7-8-21(13-18(17)2)33(31,32)28-11-9-26(10-12-28)23(29)16-27-15-20-6-4-3-5-19(20)14-22(27)24(25)30/h3-8,13,22H,9-12,14-16H2,1-2H3,(H2,25,30)/t22-/m0/s1. The smallest absolute Gasteiger partial charge is 0.243 e. The number of hydrogen-bond acceptors (Lipinski definition) is 5. The quantitative estimate of drug-likeness (QED) is 0.704. The first-order chi connectivity index (χ1) is 15.7. The summed E-state index contributed by atoms with van der Waals surface area (Å²) in [7, 11) is -3.61. The van der Waals surface area contributed by atoms with Crippen molar-refractivity contribution in [3.63, 3.8) is 0 Å². The van der Waals surface area contributed by atoms with Gasteiger partial charge in [-0.15, -0.1) is 0 Å². The first kappa shape index (κ1) is 23.4. The molecular formula is C24H30N4O4S. The molecule has 1 saturated heterocycles. The number of carbonyl (C=O) groups is 2. The molecule has 2 aromatic carbocycles. The van der Waals surface area contributed by atoms with E-state index in [0.717, 1.165) is 22.3 Å². The molecule has 2 amide bonds. The third-order valence-corrected chi connectivity index (χ3v) is 8.61. The first-order valence-corrected chi connectivity index (χ1v) is 12.6. The highest BCUT2D eigenvalue weighted by atomic mass is 32.2. The molecule has 0 radical (unpaired) electrons. The highest BCUT2D eigenvalue weighted by Gasteiger charge is 2.34. The Morgan fingerprint density at radius 1 is 0.970 bits per heavy atom. The fourth-order valence-corrected chi connectivity index (χ4v) is 6.01. The van der Waals surface area contributed by atoms with Gasteiger partial charge in [0.2, 0.25) is 21.8 Å². The van der Waals surface area contributed by atoms with Crippen molar-refractivity contribution < 1.29 is 18.0 Å². The summed E-state index contributed by atoms with van der Waals surface area (Å²) in [5.74, 6) is -0.564. The molecule has 2 aliphatic heterocycles. The zero-order valence-corrected chi connectivity index (χ0v) is 19.8. The molecule has 2 aromatic rings. The lowest BCUT2D eigenvalue weighted by molar-refractivity contribution is -0.136. The molecule has 4 rings (SSSR count). The number of nitrogens with zero attached hydrogens (tertiary/aromatic N) is 3. The summed E-state index contributed by atoms with van der Waals surface area (Å²) in [5.41, 5.74) is 9.77. The topological polar surface area (TPSA) is 104 Å². The second kappa shape index (κ2) is 9.24. The van der Waals surface area contributed by atoms with Crippen LogP contribution >= 0.6 is 0 Å². The van der Waals surface area contributed by atoms with Gasteiger partial charge < -0.3 is 10.6 Å². The molecule has 0 spiro atoms. The third kappa shape index (κ3) is 4.80. The Bertz CT molecular complexity index is 1170. The summed E-state index contributed by atoms with van der Waals surface area (Å²) >= 11 is 0. The van der Waals surface area contributed by atoms with Crippen LogP contribution in [-0.4, -0.2) is 73.1 Å². The number of nitrogens with two attached hydrogens (primary N) is 1. The Hall–Kier alpha value is -2.75. The molecular weight excluding hydrogens is 440 g/mol. The average Bonchev–Trinajstić information content (AvgIpc) is 2.80. The fraction of sp³-hybridized carbons (Fsp3) is 0.417. The Morgan fingerprint density at radius 2 is 1.64 bits per heavy atom. The Labute approximate surface area is 195 Å². The van der Waals surface area contributed by atoms with Crippen LogP contribution in [0.5, 0.6) is 0 Å². The first-order valence-electron chi connectivity index (χ1n) is 11.1. The van der Waals surface area contributed by atoms with E-state index in [9.17, 15) is 18.0 Å². The SMILES string of the molecule is Cc1ccc(S(=O)(=O)N2CCN(C(=O)CN3Cc4ccccc4C[C@H]3C(N)=O)CC2)cc1C. The molecule has 9 heteroatoms. The van der Waals surface area contributed by atoms with Crippen LogP contribution in [0.1, 0.15) is 22.3 Å². The molecule has 2 N–H and O–H groups in total. The summed E-state index contributed by atoms with van der Waals surface area (Å²) in [5, 5.41) is 0. The van der Waals surface area contributed by atoms with Gasteiger partial charge in [-0.05, 0) is 54.7 Å². The van der Waals surface area contributed by atoms with Crippen molar-refractivity contribution in [2.75, 3.05) is 32.7 Å².